The Morgan fingerprint density at radius 2 is 1.62 bits per heavy atom. The minimum atomic E-state index is -4.50. The van der Waals surface area contributed by atoms with Gasteiger partial charge in [0.05, 0.1) is 5.69 Å². The molecular formula is C16H11F2N3O2S. The van der Waals surface area contributed by atoms with Crippen LogP contribution in [0.1, 0.15) is 0 Å². The van der Waals surface area contributed by atoms with Gasteiger partial charge in [-0.3, -0.25) is 9.97 Å². The Balaban J connectivity index is 2.22. The zero-order valence-corrected chi connectivity index (χ0v) is 13.0. The first-order valence-electron chi connectivity index (χ1n) is 6.75. The van der Waals surface area contributed by atoms with E-state index in [1.54, 1.807) is 36.7 Å². The smallest absolute Gasteiger partial charge is 0.243 e. The zero-order valence-electron chi connectivity index (χ0n) is 12.1. The third-order valence-corrected chi connectivity index (χ3v) is 4.30. The number of aromatic nitrogens is 2. The van der Waals surface area contributed by atoms with Crippen molar-refractivity contribution in [3.05, 3.63) is 66.6 Å². The van der Waals surface area contributed by atoms with Gasteiger partial charge in [0.2, 0.25) is 10.0 Å². The Labute approximate surface area is 136 Å². The van der Waals surface area contributed by atoms with E-state index in [4.69, 9.17) is 5.14 Å². The topological polar surface area (TPSA) is 85.9 Å². The summed E-state index contributed by atoms with van der Waals surface area (Å²) in [6.45, 7) is 0. The lowest BCUT2D eigenvalue weighted by molar-refractivity contribution is 0.520. The summed E-state index contributed by atoms with van der Waals surface area (Å²) >= 11 is 0. The molecular weight excluding hydrogens is 336 g/mol. The van der Waals surface area contributed by atoms with Crippen molar-refractivity contribution in [1.82, 2.24) is 9.97 Å². The number of nitrogens with two attached hydrogens (primary N) is 1. The van der Waals surface area contributed by atoms with Crippen LogP contribution in [0.4, 0.5) is 8.78 Å². The average Bonchev–Trinajstić information content (AvgIpc) is 2.53. The van der Waals surface area contributed by atoms with Crippen molar-refractivity contribution in [1.29, 1.82) is 0 Å². The van der Waals surface area contributed by atoms with Crippen LogP contribution >= 0.6 is 0 Å². The highest BCUT2D eigenvalue weighted by Crippen LogP contribution is 2.32. The van der Waals surface area contributed by atoms with Crippen LogP contribution in [-0.2, 0) is 10.0 Å². The number of nitrogens with zero attached hydrogens (tertiary/aromatic N) is 2. The van der Waals surface area contributed by atoms with Crippen LogP contribution in [0.15, 0.2) is 59.9 Å². The first-order chi connectivity index (χ1) is 11.4. The van der Waals surface area contributed by atoms with E-state index in [1.165, 1.54) is 6.20 Å². The molecule has 122 valence electrons. The molecule has 2 heterocycles. The van der Waals surface area contributed by atoms with Gasteiger partial charge < -0.3 is 0 Å². The van der Waals surface area contributed by atoms with E-state index in [0.717, 1.165) is 12.1 Å². The number of benzene rings is 1. The maximum absolute atomic E-state index is 14.1. The molecule has 0 amide bonds. The van der Waals surface area contributed by atoms with Gasteiger partial charge in [-0.2, -0.15) is 0 Å². The van der Waals surface area contributed by atoms with E-state index < -0.39 is 26.6 Å². The quantitative estimate of drug-likeness (QED) is 0.789. The van der Waals surface area contributed by atoms with Crippen LogP contribution in [-0.4, -0.2) is 18.4 Å². The van der Waals surface area contributed by atoms with E-state index in [2.05, 4.69) is 9.97 Å². The Kier molecular flexibility index (Phi) is 4.08. The predicted octanol–water partition coefficient (Wildman–Crippen LogP) is 2.74. The van der Waals surface area contributed by atoms with Crippen molar-refractivity contribution in [2.75, 3.05) is 0 Å². The maximum atomic E-state index is 14.1. The third-order valence-electron chi connectivity index (χ3n) is 3.34. The number of halogens is 2. The molecule has 3 rings (SSSR count). The predicted molar refractivity (Wildman–Crippen MR) is 84.2 cm³/mol. The van der Waals surface area contributed by atoms with Crippen molar-refractivity contribution < 1.29 is 17.2 Å². The summed E-state index contributed by atoms with van der Waals surface area (Å²) in [5.74, 6) is -2.51. The molecule has 0 fully saturated rings. The van der Waals surface area contributed by atoms with Gasteiger partial charge in [-0.15, -0.1) is 0 Å². The molecule has 5 nitrogen and oxygen atoms in total. The van der Waals surface area contributed by atoms with Crippen LogP contribution in [0.2, 0.25) is 0 Å². The molecule has 0 atom stereocenters. The second-order valence-electron chi connectivity index (χ2n) is 4.96. The van der Waals surface area contributed by atoms with Crippen molar-refractivity contribution in [3.63, 3.8) is 0 Å². The average molecular weight is 347 g/mol. The molecule has 0 aliphatic carbocycles. The molecule has 3 aromatic rings. The van der Waals surface area contributed by atoms with Crippen LogP contribution in [0.5, 0.6) is 0 Å². The standard InChI is InChI=1S/C16H11F2N3O2S/c17-13-7-11(8-14(18)16(13)24(19,22)23)12-4-2-6-21-15(12)10-3-1-5-20-9-10/h1-9H,(H2,19,22,23). The number of rotatable bonds is 3. The molecule has 1 aromatic carbocycles. The van der Waals surface area contributed by atoms with E-state index in [-0.39, 0.29) is 5.56 Å². The van der Waals surface area contributed by atoms with Crippen LogP contribution in [0, 0.1) is 11.6 Å². The van der Waals surface area contributed by atoms with E-state index >= 15 is 0 Å². The molecule has 0 unspecified atom stereocenters. The molecule has 24 heavy (non-hydrogen) atoms. The minimum Gasteiger partial charge on any atom is -0.264 e. The number of primary sulfonamides is 1. The number of pyridine rings is 2. The highest BCUT2D eigenvalue weighted by molar-refractivity contribution is 7.89. The van der Waals surface area contributed by atoms with Crippen LogP contribution < -0.4 is 5.14 Å². The van der Waals surface area contributed by atoms with Crippen LogP contribution in [0.25, 0.3) is 22.4 Å². The molecule has 2 aromatic heterocycles. The summed E-state index contributed by atoms with van der Waals surface area (Å²) in [4.78, 5) is 7.07. The second kappa shape index (κ2) is 6.06. The molecule has 0 saturated carbocycles. The Morgan fingerprint density at radius 3 is 2.21 bits per heavy atom. The minimum absolute atomic E-state index is 0.143. The maximum Gasteiger partial charge on any atom is 0.243 e. The molecule has 0 aliphatic heterocycles. The molecule has 0 saturated heterocycles. The largest absolute Gasteiger partial charge is 0.264 e. The Hall–Kier alpha value is -2.71. The van der Waals surface area contributed by atoms with E-state index in [1.807, 2.05) is 0 Å². The zero-order chi connectivity index (χ0) is 17.3. The molecule has 0 bridgehead atoms. The van der Waals surface area contributed by atoms with Gasteiger partial charge in [0.15, 0.2) is 4.90 Å². The van der Waals surface area contributed by atoms with Gasteiger partial charge in [0.1, 0.15) is 11.6 Å². The second-order valence-corrected chi connectivity index (χ2v) is 6.45. The normalized spacial score (nSPS) is 11.5. The lowest BCUT2D eigenvalue weighted by Gasteiger charge is -2.10. The summed E-state index contributed by atoms with van der Waals surface area (Å²) in [7, 11) is -4.50. The highest BCUT2D eigenvalue weighted by Gasteiger charge is 2.22. The van der Waals surface area contributed by atoms with Crippen molar-refractivity contribution in [2.24, 2.45) is 5.14 Å². The Bertz CT molecular complexity index is 986. The fourth-order valence-electron chi connectivity index (χ4n) is 2.36. The molecule has 8 heteroatoms. The SMILES string of the molecule is NS(=O)(=O)c1c(F)cc(-c2cccnc2-c2cccnc2)cc1F. The van der Waals surface area contributed by atoms with Crippen LogP contribution in [0.3, 0.4) is 0 Å². The molecule has 0 aliphatic rings. The van der Waals surface area contributed by atoms with Gasteiger partial charge in [-0.25, -0.2) is 22.3 Å². The summed E-state index contributed by atoms with van der Waals surface area (Å²) in [6, 6.07) is 8.53. The lowest BCUT2D eigenvalue weighted by Crippen LogP contribution is -2.16. The van der Waals surface area contributed by atoms with Crippen molar-refractivity contribution >= 4 is 10.0 Å². The first-order valence-corrected chi connectivity index (χ1v) is 8.30. The first kappa shape index (κ1) is 16.2. The summed E-state index contributed by atoms with van der Waals surface area (Å²) < 4.78 is 50.8. The van der Waals surface area contributed by atoms with Crippen molar-refractivity contribution in [3.8, 4) is 22.4 Å². The van der Waals surface area contributed by atoms with Gasteiger partial charge in [-0.05, 0) is 35.9 Å². The van der Waals surface area contributed by atoms with Gasteiger partial charge in [0, 0.05) is 29.7 Å². The number of hydrogen-bond acceptors (Lipinski definition) is 4. The number of hydrogen-bond donors (Lipinski definition) is 1. The summed E-state index contributed by atoms with van der Waals surface area (Å²) in [5, 5.41) is 4.84. The third kappa shape index (κ3) is 3.01. The number of sulfonamides is 1. The molecule has 2 N–H and O–H groups in total. The van der Waals surface area contributed by atoms with E-state index in [9.17, 15) is 17.2 Å². The fourth-order valence-corrected chi connectivity index (χ4v) is 3.02. The monoisotopic (exact) mass is 347 g/mol. The van der Waals surface area contributed by atoms with E-state index in [0.29, 0.717) is 16.8 Å². The van der Waals surface area contributed by atoms with Gasteiger partial charge in [0.25, 0.3) is 0 Å². The summed E-state index contributed by atoms with van der Waals surface area (Å²) in [5.41, 5.74) is 1.70. The molecule has 0 radical (unpaired) electrons. The summed E-state index contributed by atoms with van der Waals surface area (Å²) in [6.07, 6.45) is 4.70. The molecule has 0 spiro atoms. The lowest BCUT2D eigenvalue weighted by atomic mass is 10.00. The Morgan fingerprint density at radius 1 is 0.958 bits per heavy atom. The highest BCUT2D eigenvalue weighted by atomic mass is 32.2. The van der Waals surface area contributed by atoms with Gasteiger partial charge in [-0.1, -0.05) is 6.07 Å². The van der Waals surface area contributed by atoms with Crippen molar-refractivity contribution in [2.45, 2.75) is 4.90 Å². The fraction of sp³-hybridized carbons (Fsp3) is 0. The van der Waals surface area contributed by atoms with Gasteiger partial charge >= 0.3 is 0 Å².